The average Bonchev–Trinajstić information content (AvgIpc) is 2.87. The van der Waals surface area contributed by atoms with Gasteiger partial charge >= 0.3 is 6.18 Å². The van der Waals surface area contributed by atoms with Gasteiger partial charge in [-0.05, 0) is 31.8 Å². The highest BCUT2D eigenvalue weighted by molar-refractivity contribution is 5.44. The first-order valence-electron chi connectivity index (χ1n) is 7.02. The molecule has 0 amide bonds. The summed E-state index contributed by atoms with van der Waals surface area (Å²) in [5.74, 6) is -0.971. The Bertz CT molecular complexity index is 471. The van der Waals surface area contributed by atoms with Gasteiger partial charge in [-0.25, -0.2) is 9.97 Å². The second-order valence-corrected chi connectivity index (χ2v) is 5.49. The number of likely N-dealkylation sites (tertiary alicyclic amines) is 1. The maximum atomic E-state index is 12.6. The Hall–Kier alpha value is -1.57. The summed E-state index contributed by atoms with van der Waals surface area (Å²) in [7, 11) is 0. The Morgan fingerprint density at radius 2 is 2.00 bits per heavy atom. The largest absolute Gasteiger partial charge is 0.451 e. The van der Waals surface area contributed by atoms with Gasteiger partial charge in [-0.1, -0.05) is 6.92 Å². The number of rotatable bonds is 5. The smallest absolute Gasteiger partial charge is 0.384 e. The SMILES string of the molecule is CC(CNc1cc(N)nc(C(F)(F)F)n1)CN1CCCC1. The molecule has 1 saturated heterocycles. The second kappa shape index (κ2) is 6.46. The van der Waals surface area contributed by atoms with Crippen molar-refractivity contribution in [3.8, 4) is 0 Å². The molecule has 1 aromatic rings. The van der Waals surface area contributed by atoms with Crippen molar-refractivity contribution in [1.82, 2.24) is 14.9 Å². The van der Waals surface area contributed by atoms with E-state index in [0.29, 0.717) is 12.5 Å². The molecular formula is C13H20F3N5. The van der Waals surface area contributed by atoms with Crippen molar-refractivity contribution < 1.29 is 13.2 Å². The fourth-order valence-electron chi connectivity index (χ4n) is 2.43. The lowest BCUT2D eigenvalue weighted by Crippen LogP contribution is -2.29. The minimum absolute atomic E-state index is 0.114. The van der Waals surface area contributed by atoms with Crippen LogP contribution in [0.1, 0.15) is 25.6 Å². The number of nitrogens with two attached hydrogens (primary N) is 1. The van der Waals surface area contributed by atoms with Gasteiger partial charge in [0.15, 0.2) is 0 Å². The van der Waals surface area contributed by atoms with E-state index >= 15 is 0 Å². The van der Waals surface area contributed by atoms with Crippen molar-refractivity contribution in [3.63, 3.8) is 0 Å². The van der Waals surface area contributed by atoms with Gasteiger partial charge in [0.2, 0.25) is 5.82 Å². The lowest BCUT2D eigenvalue weighted by molar-refractivity contribution is -0.144. The third-order valence-corrected chi connectivity index (χ3v) is 3.40. The van der Waals surface area contributed by atoms with Crippen LogP contribution in [0.4, 0.5) is 24.8 Å². The predicted molar refractivity (Wildman–Crippen MR) is 74.8 cm³/mol. The highest BCUT2D eigenvalue weighted by Gasteiger charge is 2.35. The number of halogens is 3. The van der Waals surface area contributed by atoms with Gasteiger partial charge < -0.3 is 16.0 Å². The number of nitrogen functional groups attached to an aromatic ring is 1. The summed E-state index contributed by atoms with van der Waals surface area (Å²) in [5.41, 5.74) is 5.40. The maximum absolute atomic E-state index is 12.6. The molecule has 1 unspecified atom stereocenters. The molecule has 1 fully saturated rings. The van der Waals surface area contributed by atoms with Crippen molar-refractivity contribution >= 4 is 11.6 Å². The molecule has 5 nitrogen and oxygen atoms in total. The van der Waals surface area contributed by atoms with E-state index in [2.05, 4.69) is 27.1 Å². The summed E-state index contributed by atoms with van der Waals surface area (Å²) in [6.45, 7) is 5.73. The van der Waals surface area contributed by atoms with Crippen LogP contribution >= 0.6 is 0 Å². The Kier molecular flexibility index (Phi) is 4.87. The molecule has 0 aliphatic carbocycles. The number of hydrogen-bond acceptors (Lipinski definition) is 5. The quantitative estimate of drug-likeness (QED) is 0.873. The average molecular weight is 303 g/mol. The highest BCUT2D eigenvalue weighted by atomic mass is 19.4. The monoisotopic (exact) mass is 303 g/mol. The normalized spacial score (nSPS) is 17.9. The third kappa shape index (κ3) is 4.73. The van der Waals surface area contributed by atoms with Crippen molar-refractivity contribution in [3.05, 3.63) is 11.9 Å². The Balaban J connectivity index is 1.91. The molecule has 1 aliphatic heterocycles. The fraction of sp³-hybridized carbons (Fsp3) is 0.692. The minimum atomic E-state index is -4.59. The maximum Gasteiger partial charge on any atom is 0.451 e. The van der Waals surface area contributed by atoms with Crippen LogP contribution in [0.5, 0.6) is 0 Å². The third-order valence-electron chi connectivity index (χ3n) is 3.40. The number of nitrogens with zero attached hydrogens (tertiary/aromatic N) is 3. The summed E-state index contributed by atoms with van der Waals surface area (Å²) < 4.78 is 37.8. The summed E-state index contributed by atoms with van der Waals surface area (Å²) in [6.07, 6.45) is -2.15. The van der Waals surface area contributed by atoms with Gasteiger partial charge in [-0.2, -0.15) is 13.2 Å². The molecule has 0 aromatic carbocycles. The van der Waals surface area contributed by atoms with E-state index in [1.807, 2.05) is 0 Å². The lowest BCUT2D eigenvalue weighted by atomic mass is 10.1. The van der Waals surface area contributed by atoms with Gasteiger partial charge in [0.05, 0.1) is 0 Å². The Labute approximate surface area is 121 Å². The van der Waals surface area contributed by atoms with Gasteiger partial charge in [-0.3, -0.25) is 0 Å². The van der Waals surface area contributed by atoms with Crippen LogP contribution in [-0.4, -0.2) is 41.0 Å². The van der Waals surface area contributed by atoms with E-state index in [0.717, 1.165) is 19.6 Å². The molecule has 3 N–H and O–H groups in total. The zero-order chi connectivity index (χ0) is 15.5. The number of alkyl halides is 3. The van der Waals surface area contributed by atoms with Crippen LogP contribution < -0.4 is 11.1 Å². The molecule has 8 heteroatoms. The van der Waals surface area contributed by atoms with Crippen molar-refractivity contribution in [2.24, 2.45) is 5.92 Å². The van der Waals surface area contributed by atoms with E-state index in [-0.39, 0.29) is 11.6 Å². The van der Waals surface area contributed by atoms with Crippen LogP contribution in [0.25, 0.3) is 0 Å². The number of nitrogens with one attached hydrogen (secondary N) is 1. The van der Waals surface area contributed by atoms with Gasteiger partial charge in [0.25, 0.3) is 0 Å². The number of anilines is 2. The number of hydrogen-bond donors (Lipinski definition) is 2. The predicted octanol–water partition coefficient (Wildman–Crippen LogP) is 2.22. The standard InChI is InChI=1S/C13H20F3N5/c1-9(8-21-4-2-3-5-21)7-18-11-6-10(17)19-12(20-11)13(14,15)16/h6,9H,2-5,7-8H2,1H3,(H3,17,18,19,20). The summed E-state index contributed by atoms with van der Waals surface area (Å²) >= 11 is 0. The van der Waals surface area contributed by atoms with E-state index in [1.54, 1.807) is 0 Å². The molecule has 0 radical (unpaired) electrons. The van der Waals surface area contributed by atoms with Crippen molar-refractivity contribution in [2.75, 3.05) is 37.2 Å². The van der Waals surface area contributed by atoms with Gasteiger partial charge in [0, 0.05) is 19.2 Å². The highest BCUT2D eigenvalue weighted by Crippen LogP contribution is 2.27. The van der Waals surface area contributed by atoms with Crippen LogP contribution in [0.2, 0.25) is 0 Å². The fourth-order valence-corrected chi connectivity index (χ4v) is 2.43. The van der Waals surface area contributed by atoms with E-state index < -0.39 is 12.0 Å². The Morgan fingerprint density at radius 3 is 2.62 bits per heavy atom. The molecule has 1 aromatic heterocycles. The molecule has 1 aliphatic rings. The molecule has 2 rings (SSSR count). The van der Waals surface area contributed by atoms with Crippen LogP contribution in [0.15, 0.2) is 6.07 Å². The first kappa shape index (κ1) is 15.8. The Morgan fingerprint density at radius 1 is 1.33 bits per heavy atom. The van der Waals surface area contributed by atoms with Crippen LogP contribution in [-0.2, 0) is 6.18 Å². The molecule has 1 atom stereocenters. The molecular weight excluding hydrogens is 283 g/mol. The molecule has 0 spiro atoms. The zero-order valence-corrected chi connectivity index (χ0v) is 12.0. The molecule has 0 bridgehead atoms. The van der Waals surface area contributed by atoms with E-state index in [1.165, 1.54) is 18.9 Å². The first-order chi connectivity index (χ1) is 9.84. The van der Waals surface area contributed by atoms with E-state index in [9.17, 15) is 13.2 Å². The summed E-state index contributed by atoms with van der Waals surface area (Å²) in [6, 6.07) is 1.32. The minimum Gasteiger partial charge on any atom is -0.384 e. The summed E-state index contributed by atoms with van der Waals surface area (Å²) in [5, 5.41) is 2.91. The van der Waals surface area contributed by atoms with Crippen molar-refractivity contribution in [1.29, 1.82) is 0 Å². The van der Waals surface area contributed by atoms with Crippen molar-refractivity contribution in [2.45, 2.75) is 25.9 Å². The summed E-state index contributed by atoms with van der Waals surface area (Å²) in [4.78, 5) is 9.04. The van der Waals surface area contributed by atoms with Gasteiger partial charge in [0.1, 0.15) is 11.6 Å². The molecule has 2 heterocycles. The van der Waals surface area contributed by atoms with Crippen LogP contribution in [0.3, 0.4) is 0 Å². The van der Waals surface area contributed by atoms with Gasteiger partial charge in [-0.15, -0.1) is 0 Å². The van der Waals surface area contributed by atoms with E-state index in [4.69, 9.17) is 5.73 Å². The van der Waals surface area contributed by atoms with Crippen LogP contribution in [0, 0.1) is 5.92 Å². The zero-order valence-electron chi connectivity index (χ0n) is 12.0. The second-order valence-electron chi connectivity index (χ2n) is 5.49. The molecule has 118 valence electrons. The lowest BCUT2D eigenvalue weighted by Gasteiger charge is -2.20. The number of aromatic nitrogens is 2. The first-order valence-corrected chi connectivity index (χ1v) is 7.02. The topological polar surface area (TPSA) is 67.1 Å². The molecule has 0 saturated carbocycles. The molecule has 21 heavy (non-hydrogen) atoms.